The predicted molar refractivity (Wildman–Crippen MR) is 81.3 cm³/mol. The van der Waals surface area contributed by atoms with Crippen LogP contribution < -0.4 is 11.1 Å². The van der Waals surface area contributed by atoms with E-state index in [1.165, 1.54) is 16.7 Å². The molecule has 0 aliphatic carbocycles. The van der Waals surface area contributed by atoms with Gasteiger partial charge in [0.1, 0.15) is 5.84 Å². The normalized spacial score (nSPS) is 13.4. The van der Waals surface area contributed by atoms with Crippen molar-refractivity contribution in [2.45, 2.75) is 19.9 Å². The monoisotopic (exact) mass is 271 g/mol. The van der Waals surface area contributed by atoms with Gasteiger partial charge in [-0.25, -0.2) is 4.99 Å². The molecule has 1 aromatic carbocycles. The fourth-order valence-corrected chi connectivity index (χ4v) is 3.15. The van der Waals surface area contributed by atoms with E-state index in [1.807, 2.05) is 0 Å². The molecule has 3 rings (SSSR count). The third kappa shape index (κ3) is 2.41. The molecule has 0 saturated carbocycles. The first-order valence-corrected chi connectivity index (χ1v) is 7.39. The van der Waals surface area contributed by atoms with Crippen molar-refractivity contribution in [1.82, 2.24) is 5.32 Å². The Morgan fingerprint density at radius 1 is 1.32 bits per heavy atom. The number of hydrogen-bond donors (Lipinski definition) is 2. The minimum Gasteiger partial charge on any atom is -0.382 e. The second-order valence-electron chi connectivity index (χ2n) is 4.69. The Kier molecular flexibility index (Phi) is 3.36. The van der Waals surface area contributed by atoms with Gasteiger partial charge in [0.2, 0.25) is 0 Å². The maximum atomic E-state index is 6.10. The highest BCUT2D eigenvalue weighted by Gasteiger charge is 2.16. The van der Waals surface area contributed by atoms with E-state index >= 15 is 0 Å². The SMILES string of the molecule is CCNCc1ccc2c(c1)N=C(N)c1sccc1C2. The number of hydrogen-bond acceptors (Lipinski definition) is 4. The van der Waals surface area contributed by atoms with Crippen molar-refractivity contribution in [3.63, 3.8) is 0 Å². The van der Waals surface area contributed by atoms with Crippen LogP contribution in [0.2, 0.25) is 0 Å². The smallest absolute Gasteiger partial charge is 0.141 e. The van der Waals surface area contributed by atoms with Crippen LogP contribution in [0.15, 0.2) is 34.6 Å². The Hall–Kier alpha value is -1.65. The maximum Gasteiger partial charge on any atom is 0.141 e. The number of nitrogens with zero attached hydrogens (tertiary/aromatic N) is 1. The highest BCUT2D eigenvalue weighted by Crippen LogP contribution is 2.31. The van der Waals surface area contributed by atoms with Crippen LogP contribution in [0.25, 0.3) is 0 Å². The van der Waals surface area contributed by atoms with Gasteiger partial charge in [0.15, 0.2) is 0 Å². The molecule has 0 saturated heterocycles. The first-order chi connectivity index (χ1) is 9.28. The minimum atomic E-state index is 0.643. The number of nitrogens with two attached hydrogens (primary N) is 1. The van der Waals surface area contributed by atoms with E-state index in [-0.39, 0.29) is 0 Å². The molecule has 98 valence electrons. The average Bonchev–Trinajstić information content (AvgIpc) is 2.82. The summed E-state index contributed by atoms with van der Waals surface area (Å²) in [6.45, 7) is 3.96. The van der Waals surface area contributed by atoms with Gasteiger partial charge in [-0.1, -0.05) is 19.1 Å². The summed E-state index contributed by atoms with van der Waals surface area (Å²) in [5.74, 6) is 0.643. The summed E-state index contributed by atoms with van der Waals surface area (Å²) < 4.78 is 0. The van der Waals surface area contributed by atoms with Gasteiger partial charge < -0.3 is 11.1 Å². The van der Waals surface area contributed by atoms with Gasteiger partial charge >= 0.3 is 0 Å². The molecule has 0 atom stereocenters. The van der Waals surface area contributed by atoms with Gasteiger partial charge in [-0.05, 0) is 40.7 Å². The van der Waals surface area contributed by atoms with Crippen molar-refractivity contribution in [2.24, 2.45) is 10.7 Å². The number of benzene rings is 1. The molecule has 0 amide bonds. The topological polar surface area (TPSA) is 50.4 Å². The molecular formula is C15H17N3S. The minimum absolute atomic E-state index is 0.643. The van der Waals surface area contributed by atoms with Crippen LogP contribution in [0.5, 0.6) is 0 Å². The van der Waals surface area contributed by atoms with E-state index in [9.17, 15) is 0 Å². The average molecular weight is 271 g/mol. The fourth-order valence-electron chi connectivity index (χ4n) is 2.33. The highest BCUT2D eigenvalue weighted by atomic mass is 32.1. The molecule has 3 N–H and O–H groups in total. The van der Waals surface area contributed by atoms with Crippen LogP contribution in [0.4, 0.5) is 5.69 Å². The second kappa shape index (κ2) is 5.15. The molecule has 0 fully saturated rings. The standard InChI is InChI=1S/C15H17N3S/c1-2-17-9-10-3-4-11-8-12-5-6-19-14(12)15(16)18-13(11)7-10/h3-7,17H,2,8-9H2,1H3,(H2,16,18). The Morgan fingerprint density at radius 3 is 3.05 bits per heavy atom. The van der Waals surface area contributed by atoms with Crippen LogP contribution in [0.3, 0.4) is 0 Å². The lowest BCUT2D eigenvalue weighted by molar-refractivity contribution is 0.727. The summed E-state index contributed by atoms with van der Waals surface area (Å²) in [4.78, 5) is 5.71. The third-order valence-corrected chi connectivity index (χ3v) is 4.31. The van der Waals surface area contributed by atoms with Crippen LogP contribution >= 0.6 is 11.3 Å². The van der Waals surface area contributed by atoms with Crippen molar-refractivity contribution >= 4 is 22.9 Å². The summed E-state index contributed by atoms with van der Waals surface area (Å²) >= 11 is 1.67. The largest absolute Gasteiger partial charge is 0.382 e. The molecule has 0 spiro atoms. The molecule has 1 aliphatic rings. The van der Waals surface area contributed by atoms with Gasteiger partial charge in [-0.15, -0.1) is 11.3 Å². The zero-order chi connectivity index (χ0) is 13.2. The molecule has 2 heterocycles. The lowest BCUT2D eigenvalue weighted by atomic mass is 10.0. The summed E-state index contributed by atoms with van der Waals surface area (Å²) in [6, 6.07) is 8.63. The first kappa shape index (κ1) is 12.4. The van der Waals surface area contributed by atoms with Crippen molar-refractivity contribution in [1.29, 1.82) is 0 Å². The van der Waals surface area contributed by atoms with Gasteiger partial charge in [-0.3, -0.25) is 0 Å². The van der Waals surface area contributed by atoms with E-state index in [1.54, 1.807) is 11.3 Å². The summed E-state index contributed by atoms with van der Waals surface area (Å²) in [5.41, 5.74) is 10.9. The number of aliphatic imine (C=N–C) groups is 1. The van der Waals surface area contributed by atoms with E-state index in [4.69, 9.17) is 5.73 Å². The van der Waals surface area contributed by atoms with Gasteiger partial charge in [-0.2, -0.15) is 0 Å². The second-order valence-corrected chi connectivity index (χ2v) is 5.61. The molecule has 0 radical (unpaired) electrons. The Bertz CT molecular complexity index is 628. The van der Waals surface area contributed by atoms with Crippen molar-refractivity contribution < 1.29 is 0 Å². The summed E-state index contributed by atoms with van der Waals surface area (Å²) in [5, 5.41) is 5.41. The van der Waals surface area contributed by atoms with Crippen molar-refractivity contribution in [3.05, 3.63) is 51.2 Å². The molecule has 4 heteroatoms. The van der Waals surface area contributed by atoms with E-state index < -0.39 is 0 Å². The summed E-state index contributed by atoms with van der Waals surface area (Å²) in [6.07, 6.45) is 0.917. The highest BCUT2D eigenvalue weighted by molar-refractivity contribution is 7.12. The fraction of sp³-hybridized carbons (Fsp3) is 0.267. The van der Waals surface area contributed by atoms with Crippen LogP contribution in [-0.4, -0.2) is 12.4 Å². The lowest BCUT2D eigenvalue weighted by Gasteiger charge is -2.07. The molecule has 19 heavy (non-hydrogen) atoms. The quantitative estimate of drug-likeness (QED) is 0.902. The van der Waals surface area contributed by atoms with Crippen LogP contribution in [0, 0.1) is 0 Å². The molecule has 3 nitrogen and oxygen atoms in total. The van der Waals surface area contributed by atoms with E-state index in [0.29, 0.717) is 5.84 Å². The molecule has 1 aromatic heterocycles. The number of nitrogens with one attached hydrogen (secondary N) is 1. The van der Waals surface area contributed by atoms with E-state index in [2.05, 4.69) is 46.9 Å². The molecular weight excluding hydrogens is 254 g/mol. The molecule has 2 aromatic rings. The van der Waals surface area contributed by atoms with Gasteiger partial charge in [0.25, 0.3) is 0 Å². The van der Waals surface area contributed by atoms with Crippen LogP contribution in [0.1, 0.15) is 28.5 Å². The maximum absolute atomic E-state index is 6.10. The number of thiophene rings is 1. The zero-order valence-electron chi connectivity index (χ0n) is 10.9. The van der Waals surface area contributed by atoms with Crippen LogP contribution in [-0.2, 0) is 13.0 Å². The Morgan fingerprint density at radius 2 is 2.21 bits per heavy atom. The molecule has 1 aliphatic heterocycles. The van der Waals surface area contributed by atoms with Gasteiger partial charge in [0, 0.05) is 13.0 Å². The number of fused-ring (bicyclic) bond motifs is 2. The Labute approximate surface area is 117 Å². The molecule has 0 unspecified atom stereocenters. The van der Waals surface area contributed by atoms with Gasteiger partial charge in [0.05, 0.1) is 10.6 Å². The lowest BCUT2D eigenvalue weighted by Crippen LogP contribution is -2.12. The van der Waals surface area contributed by atoms with E-state index in [0.717, 1.165) is 30.1 Å². The van der Waals surface area contributed by atoms with Crippen molar-refractivity contribution in [3.8, 4) is 0 Å². The number of amidine groups is 1. The zero-order valence-corrected chi connectivity index (χ0v) is 11.8. The third-order valence-electron chi connectivity index (χ3n) is 3.33. The predicted octanol–water partition coefficient (Wildman–Crippen LogP) is 2.80. The Balaban J connectivity index is 2.00. The summed E-state index contributed by atoms with van der Waals surface area (Å²) in [7, 11) is 0. The number of rotatable bonds is 3. The van der Waals surface area contributed by atoms with Crippen molar-refractivity contribution in [2.75, 3.05) is 6.54 Å². The first-order valence-electron chi connectivity index (χ1n) is 6.51. The molecule has 0 bridgehead atoms.